The SMILES string of the molecule is CC(C)(C)OC(=O)N1CCC1CCNN. The van der Waals surface area contributed by atoms with E-state index in [9.17, 15) is 4.79 Å². The summed E-state index contributed by atoms with van der Waals surface area (Å²) >= 11 is 0. The Morgan fingerprint density at radius 3 is 2.67 bits per heavy atom. The van der Waals surface area contributed by atoms with E-state index in [1.807, 2.05) is 20.8 Å². The van der Waals surface area contributed by atoms with Crippen LogP contribution in [0.25, 0.3) is 0 Å². The number of rotatable bonds is 3. The second-order valence-electron chi connectivity index (χ2n) is 4.86. The minimum Gasteiger partial charge on any atom is -0.444 e. The van der Waals surface area contributed by atoms with Gasteiger partial charge in [0.15, 0.2) is 0 Å². The van der Waals surface area contributed by atoms with Gasteiger partial charge in [-0.1, -0.05) is 0 Å². The van der Waals surface area contributed by atoms with Crippen LogP contribution in [-0.4, -0.2) is 35.7 Å². The zero-order valence-electron chi connectivity index (χ0n) is 9.75. The van der Waals surface area contributed by atoms with Crippen molar-refractivity contribution in [3.63, 3.8) is 0 Å². The standard InChI is InChI=1S/C10H21N3O2/c1-10(2,3)15-9(14)13-7-5-8(13)4-6-12-11/h8,12H,4-7,11H2,1-3H3. The molecule has 1 aliphatic heterocycles. The molecular weight excluding hydrogens is 194 g/mol. The summed E-state index contributed by atoms with van der Waals surface area (Å²) in [5.41, 5.74) is 2.18. The van der Waals surface area contributed by atoms with Crippen LogP contribution in [0.5, 0.6) is 0 Å². The van der Waals surface area contributed by atoms with E-state index in [1.54, 1.807) is 4.90 Å². The Hall–Kier alpha value is -0.810. The molecule has 15 heavy (non-hydrogen) atoms. The molecule has 1 unspecified atom stereocenters. The van der Waals surface area contributed by atoms with Gasteiger partial charge in [-0.25, -0.2) is 4.79 Å². The van der Waals surface area contributed by atoms with Crippen molar-refractivity contribution < 1.29 is 9.53 Å². The van der Waals surface area contributed by atoms with Crippen LogP contribution in [0.15, 0.2) is 0 Å². The molecule has 0 spiro atoms. The minimum absolute atomic E-state index is 0.212. The van der Waals surface area contributed by atoms with Gasteiger partial charge in [0.2, 0.25) is 0 Å². The van der Waals surface area contributed by atoms with Crippen molar-refractivity contribution in [1.82, 2.24) is 10.3 Å². The second-order valence-corrected chi connectivity index (χ2v) is 4.86. The minimum atomic E-state index is -0.413. The lowest BCUT2D eigenvalue weighted by Gasteiger charge is -2.41. The Labute approximate surface area is 90.9 Å². The van der Waals surface area contributed by atoms with E-state index < -0.39 is 5.60 Å². The number of nitrogens with two attached hydrogens (primary N) is 1. The summed E-state index contributed by atoms with van der Waals surface area (Å²) in [6.45, 7) is 7.15. The molecule has 0 aromatic rings. The number of amides is 1. The highest BCUT2D eigenvalue weighted by molar-refractivity contribution is 5.69. The van der Waals surface area contributed by atoms with Crippen molar-refractivity contribution in [3.8, 4) is 0 Å². The van der Waals surface area contributed by atoms with E-state index in [2.05, 4.69) is 5.43 Å². The molecule has 3 N–H and O–H groups in total. The normalized spacial score (nSPS) is 21.1. The summed E-state index contributed by atoms with van der Waals surface area (Å²) in [6.07, 6.45) is 1.71. The third-order valence-electron chi connectivity index (χ3n) is 2.39. The smallest absolute Gasteiger partial charge is 0.410 e. The first-order valence-electron chi connectivity index (χ1n) is 5.37. The largest absolute Gasteiger partial charge is 0.444 e. The molecule has 5 heteroatoms. The number of ether oxygens (including phenoxy) is 1. The van der Waals surface area contributed by atoms with Crippen LogP contribution in [0.2, 0.25) is 0 Å². The molecule has 1 aliphatic rings. The maximum Gasteiger partial charge on any atom is 0.410 e. The zero-order valence-corrected chi connectivity index (χ0v) is 9.75. The van der Waals surface area contributed by atoms with Gasteiger partial charge < -0.3 is 9.64 Å². The van der Waals surface area contributed by atoms with Gasteiger partial charge in [-0.3, -0.25) is 11.3 Å². The van der Waals surface area contributed by atoms with Crippen molar-refractivity contribution in [2.24, 2.45) is 5.84 Å². The van der Waals surface area contributed by atoms with Crippen molar-refractivity contribution in [2.45, 2.75) is 45.3 Å². The Kier molecular flexibility index (Phi) is 3.93. The van der Waals surface area contributed by atoms with E-state index in [4.69, 9.17) is 10.6 Å². The molecule has 1 amide bonds. The third-order valence-corrected chi connectivity index (χ3v) is 2.39. The number of hydrogen-bond acceptors (Lipinski definition) is 4. The molecule has 1 atom stereocenters. The first-order valence-corrected chi connectivity index (χ1v) is 5.37. The van der Waals surface area contributed by atoms with E-state index in [0.717, 1.165) is 25.9 Å². The molecule has 0 bridgehead atoms. The summed E-state index contributed by atoms with van der Waals surface area (Å²) in [7, 11) is 0. The lowest BCUT2D eigenvalue weighted by Crippen LogP contribution is -2.53. The van der Waals surface area contributed by atoms with Crippen LogP contribution in [0.4, 0.5) is 4.79 Å². The first kappa shape index (κ1) is 12.3. The molecule has 0 saturated carbocycles. The van der Waals surface area contributed by atoms with Crippen LogP contribution >= 0.6 is 0 Å². The summed E-state index contributed by atoms with van der Waals surface area (Å²) < 4.78 is 5.29. The Morgan fingerprint density at radius 2 is 2.27 bits per heavy atom. The quantitative estimate of drug-likeness (QED) is 0.541. The zero-order chi connectivity index (χ0) is 11.5. The highest BCUT2D eigenvalue weighted by atomic mass is 16.6. The third kappa shape index (κ3) is 3.68. The fourth-order valence-corrected chi connectivity index (χ4v) is 1.55. The van der Waals surface area contributed by atoms with Crippen LogP contribution in [0.1, 0.15) is 33.6 Å². The number of hydrogen-bond donors (Lipinski definition) is 2. The Morgan fingerprint density at radius 1 is 1.60 bits per heavy atom. The van der Waals surface area contributed by atoms with Gasteiger partial charge in [0.05, 0.1) is 0 Å². The maximum atomic E-state index is 11.7. The molecule has 0 aromatic heterocycles. The van der Waals surface area contributed by atoms with Crippen molar-refractivity contribution >= 4 is 6.09 Å². The van der Waals surface area contributed by atoms with E-state index in [-0.39, 0.29) is 12.1 Å². The fourth-order valence-electron chi connectivity index (χ4n) is 1.55. The Balaban J connectivity index is 2.34. The summed E-state index contributed by atoms with van der Waals surface area (Å²) in [5.74, 6) is 5.19. The highest BCUT2D eigenvalue weighted by Gasteiger charge is 2.34. The van der Waals surface area contributed by atoms with E-state index >= 15 is 0 Å². The summed E-state index contributed by atoms with van der Waals surface area (Å²) in [4.78, 5) is 13.4. The molecule has 0 aromatic carbocycles. The van der Waals surface area contributed by atoms with Gasteiger partial charge in [-0.05, 0) is 33.6 Å². The van der Waals surface area contributed by atoms with Crippen LogP contribution < -0.4 is 11.3 Å². The molecule has 88 valence electrons. The molecule has 0 aliphatic carbocycles. The van der Waals surface area contributed by atoms with E-state index in [0.29, 0.717) is 0 Å². The van der Waals surface area contributed by atoms with Crippen LogP contribution in [0.3, 0.4) is 0 Å². The lowest BCUT2D eigenvalue weighted by molar-refractivity contribution is -0.00650. The van der Waals surface area contributed by atoms with Crippen LogP contribution in [0, 0.1) is 0 Å². The number of nitrogens with one attached hydrogen (secondary N) is 1. The maximum absolute atomic E-state index is 11.7. The van der Waals surface area contributed by atoms with Gasteiger partial charge in [-0.2, -0.15) is 0 Å². The van der Waals surface area contributed by atoms with Crippen molar-refractivity contribution in [2.75, 3.05) is 13.1 Å². The molecule has 5 nitrogen and oxygen atoms in total. The van der Waals surface area contributed by atoms with Crippen molar-refractivity contribution in [3.05, 3.63) is 0 Å². The predicted octanol–water partition coefficient (Wildman–Crippen LogP) is 0.849. The van der Waals surface area contributed by atoms with Gasteiger partial charge in [0, 0.05) is 19.1 Å². The van der Waals surface area contributed by atoms with Gasteiger partial charge in [0.1, 0.15) is 5.60 Å². The van der Waals surface area contributed by atoms with Crippen molar-refractivity contribution in [1.29, 1.82) is 0 Å². The molecule has 1 fully saturated rings. The van der Waals surface area contributed by atoms with Crippen LogP contribution in [-0.2, 0) is 4.74 Å². The van der Waals surface area contributed by atoms with Gasteiger partial charge in [-0.15, -0.1) is 0 Å². The molecule has 1 saturated heterocycles. The number of carbonyl (C=O) groups excluding carboxylic acids is 1. The number of likely N-dealkylation sites (tertiary alicyclic amines) is 1. The molecular formula is C10H21N3O2. The average Bonchev–Trinajstić information content (AvgIpc) is 1.98. The monoisotopic (exact) mass is 215 g/mol. The highest BCUT2D eigenvalue weighted by Crippen LogP contribution is 2.23. The second kappa shape index (κ2) is 4.81. The summed E-state index contributed by atoms with van der Waals surface area (Å²) in [6, 6.07) is 0.288. The molecule has 1 heterocycles. The van der Waals surface area contributed by atoms with E-state index in [1.165, 1.54) is 0 Å². The lowest BCUT2D eigenvalue weighted by atomic mass is 10.0. The summed E-state index contributed by atoms with van der Waals surface area (Å²) in [5, 5.41) is 0. The van der Waals surface area contributed by atoms with Gasteiger partial charge in [0.25, 0.3) is 0 Å². The Bertz CT molecular complexity index is 225. The number of nitrogens with zero attached hydrogens (tertiary/aromatic N) is 1. The molecule has 1 rings (SSSR count). The predicted molar refractivity (Wildman–Crippen MR) is 58.2 cm³/mol. The first-order chi connectivity index (χ1) is 6.94. The topological polar surface area (TPSA) is 67.6 Å². The number of carbonyl (C=O) groups is 1. The number of hydrazine groups is 1. The fraction of sp³-hybridized carbons (Fsp3) is 0.900. The van der Waals surface area contributed by atoms with Gasteiger partial charge >= 0.3 is 6.09 Å². The molecule has 0 radical (unpaired) electrons. The average molecular weight is 215 g/mol.